The molecule has 0 saturated carbocycles. The average Bonchev–Trinajstić information content (AvgIpc) is 2.56. The van der Waals surface area contributed by atoms with Gasteiger partial charge >= 0.3 is 0 Å². The molecule has 2 rings (SSSR count). The van der Waals surface area contributed by atoms with Gasteiger partial charge in [0.25, 0.3) is 11.7 Å². The number of carbonyl (C=O) groups excluding carboxylic acids is 2. The van der Waals surface area contributed by atoms with Crippen LogP contribution in [0.15, 0.2) is 12.1 Å². The number of ketones is 1. The first kappa shape index (κ1) is 12.0. The first-order chi connectivity index (χ1) is 8.07. The monoisotopic (exact) mass is 257 g/mol. The van der Waals surface area contributed by atoms with Gasteiger partial charge in [-0.05, 0) is 18.4 Å². The maximum Gasteiger partial charge on any atom is 0.299 e. The molecule has 17 heavy (non-hydrogen) atoms. The normalized spacial score (nSPS) is 14.4. The maximum atomic E-state index is 13.6. The van der Waals surface area contributed by atoms with Crippen molar-refractivity contribution in [1.82, 2.24) is 0 Å². The van der Waals surface area contributed by atoms with Gasteiger partial charge in [0.1, 0.15) is 11.6 Å². The third kappa shape index (κ3) is 1.82. The van der Waals surface area contributed by atoms with Gasteiger partial charge in [-0.1, -0.05) is 0 Å². The van der Waals surface area contributed by atoms with Crippen molar-refractivity contribution >= 4 is 29.1 Å². The fraction of sp³-hybridized carbons (Fsp3) is 0.273. The van der Waals surface area contributed by atoms with Crippen LogP contribution in [-0.4, -0.2) is 30.2 Å². The van der Waals surface area contributed by atoms with Crippen molar-refractivity contribution in [2.24, 2.45) is 0 Å². The van der Waals surface area contributed by atoms with E-state index in [9.17, 15) is 18.4 Å². The molecule has 1 aliphatic rings. The molecule has 0 N–H and O–H groups in total. The van der Waals surface area contributed by atoms with Crippen LogP contribution >= 0.6 is 11.8 Å². The molecule has 0 spiro atoms. The Morgan fingerprint density at radius 3 is 2.53 bits per heavy atom. The summed E-state index contributed by atoms with van der Waals surface area (Å²) in [6.45, 7) is 0.194. The number of fused-ring (bicyclic) bond motifs is 1. The van der Waals surface area contributed by atoms with E-state index in [0.717, 1.165) is 17.0 Å². The standard InChI is InChI=1S/C11H9F2NO2S/c1-17-5-4-14-9-7(13)3-2-6(12)8(9)10(15)11(14)16/h2-3H,4-5H2,1H3. The van der Waals surface area contributed by atoms with Gasteiger partial charge in [0.05, 0.1) is 11.3 Å². The SMILES string of the molecule is CSCCN1C(=O)C(=O)c2c(F)ccc(F)c21. The minimum Gasteiger partial charge on any atom is -0.301 e. The zero-order valence-corrected chi connectivity index (χ0v) is 9.81. The van der Waals surface area contributed by atoms with E-state index in [2.05, 4.69) is 0 Å². The number of Topliss-reactive ketones (excluding diaryl/α,β-unsaturated/α-hetero) is 1. The van der Waals surface area contributed by atoms with E-state index < -0.39 is 28.9 Å². The van der Waals surface area contributed by atoms with Gasteiger partial charge in [0, 0.05) is 12.3 Å². The average molecular weight is 257 g/mol. The minimum absolute atomic E-state index is 0.194. The second-order valence-corrected chi connectivity index (χ2v) is 4.52. The molecule has 1 aromatic carbocycles. The van der Waals surface area contributed by atoms with E-state index >= 15 is 0 Å². The summed E-state index contributed by atoms with van der Waals surface area (Å²) < 4.78 is 27.0. The maximum absolute atomic E-state index is 13.6. The fourth-order valence-electron chi connectivity index (χ4n) is 1.75. The van der Waals surface area contributed by atoms with Crippen molar-refractivity contribution in [1.29, 1.82) is 0 Å². The smallest absolute Gasteiger partial charge is 0.299 e. The van der Waals surface area contributed by atoms with Crippen molar-refractivity contribution in [2.75, 3.05) is 23.5 Å². The zero-order valence-electron chi connectivity index (χ0n) is 9.00. The summed E-state index contributed by atoms with van der Waals surface area (Å²) in [5.41, 5.74) is -0.676. The molecule has 0 fully saturated rings. The van der Waals surface area contributed by atoms with Gasteiger partial charge in [-0.25, -0.2) is 8.78 Å². The van der Waals surface area contributed by atoms with E-state index in [4.69, 9.17) is 0 Å². The molecule has 0 bridgehead atoms. The van der Waals surface area contributed by atoms with E-state index in [1.807, 2.05) is 6.26 Å². The highest BCUT2D eigenvalue weighted by atomic mass is 32.2. The Balaban J connectivity index is 2.52. The molecule has 0 radical (unpaired) electrons. The van der Waals surface area contributed by atoms with Crippen LogP contribution in [0, 0.1) is 11.6 Å². The fourth-order valence-corrected chi connectivity index (χ4v) is 2.11. The highest BCUT2D eigenvalue weighted by molar-refractivity contribution is 7.98. The lowest BCUT2D eigenvalue weighted by Crippen LogP contribution is -2.32. The lowest BCUT2D eigenvalue weighted by Gasteiger charge is -2.16. The lowest BCUT2D eigenvalue weighted by atomic mass is 10.1. The molecule has 3 nitrogen and oxygen atoms in total. The minimum atomic E-state index is -0.974. The van der Waals surface area contributed by atoms with Crippen molar-refractivity contribution in [3.63, 3.8) is 0 Å². The number of thioether (sulfide) groups is 1. The highest BCUT2D eigenvalue weighted by Gasteiger charge is 2.40. The molecule has 1 aliphatic heterocycles. The summed E-state index contributed by atoms with van der Waals surface area (Å²) in [7, 11) is 0. The van der Waals surface area contributed by atoms with Crippen LogP contribution in [0.1, 0.15) is 10.4 Å². The van der Waals surface area contributed by atoms with Gasteiger partial charge in [-0.15, -0.1) is 0 Å². The predicted octanol–water partition coefficient (Wildman–Crippen LogP) is 1.86. The summed E-state index contributed by atoms with van der Waals surface area (Å²) in [4.78, 5) is 24.2. The third-order valence-electron chi connectivity index (χ3n) is 2.53. The Bertz CT molecular complexity index is 504. The number of rotatable bonds is 3. The number of hydrogen-bond donors (Lipinski definition) is 0. The van der Waals surface area contributed by atoms with E-state index in [1.165, 1.54) is 11.8 Å². The van der Waals surface area contributed by atoms with E-state index in [1.54, 1.807) is 0 Å². The summed E-state index contributed by atoms with van der Waals surface area (Å²) >= 11 is 1.46. The molecule has 1 amide bonds. The second kappa shape index (κ2) is 4.44. The first-order valence-corrected chi connectivity index (χ1v) is 6.30. The van der Waals surface area contributed by atoms with Crippen molar-refractivity contribution in [3.05, 3.63) is 29.3 Å². The van der Waals surface area contributed by atoms with Crippen molar-refractivity contribution < 1.29 is 18.4 Å². The molecule has 0 aromatic heterocycles. The number of hydrogen-bond acceptors (Lipinski definition) is 3. The molecular weight excluding hydrogens is 248 g/mol. The Hall–Kier alpha value is -1.43. The summed E-state index contributed by atoms with van der Waals surface area (Å²) in [6, 6.07) is 1.78. The second-order valence-electron chi connectivity index (χ2n) is 3.53. The molecule has 0 saturated heterocycles. The van der Waals surface area contributed by atoms with Crippen LogP contribution in [-0.2, 0) is 4.79 Å². The number of amides is 1. The number of halogens is 2. The first-order valence-electron chi connectivity index (χ1n) is 4.91. The summed E-state index contributed by atoms with van der Waals surface area (Å²) in [5, 5.41) is 0. The van der Waals surface area contributed by atoms with Gasteiger partial charge in [0.15, 0.2) is 0 Å². The predicted molar refractivity (Wildman–Crippen MR) is 61.4 cm³/mol. The molecular formula is C11H9F2NO2S. The number of anilines is 1. The number of nitrogens with zero attached hydrogens (tertiary/aromatic N) is 1. The van der Waals surface area contributed by atoms with Crippen LogP contribution in [0.25, 0.3) is 0 Å². The van der Waals surface area contributed by atoms with Crippen LogP contribution < -0.4 is 4.90 Å². The Labute approximate surface area is 101 Å². The molecule has 90 valence electrons. The van der Waals surface area contributed by atoms with Crippen molar-refractivity contribution in [3.8, 4) is 0 Å². The van der Waals surface area contributed by atoms with Gasteiger partial charge in [-0.3, -0.25) is 9.59 Å². The Morgan fingerprint density at radius 2 is 1.88 bits per heavy atom. The van der Waals surface area contributed by atoms with Crippen LogP contribution in [0.3, 0.4) is 0 Å². The topological polar surface area (TPSA) is 37.4 Å². The Morgan fingerprint density at radius 1 is 1.24 bits per heavy atom. The number of benzene rings is 1. The van der Waals surface area contributed by atoms with Gasteiger partial charge < -0.3 is 4.90 Å². The van der Waals surface area contributed by atoms with Crippen molar-refractivity contribution in [2.45, 2.75) is 0 Å². The molecule has 1 heterocycles. The zero-order chi connectivity index (χ0) is 12.6. The molecule has 0 unspecified atom stereocenters. The highest BCUT2D eigenvalue weighted by Crippen LogP contribution is 2.33. The summed E-state index contributed by atoms with van der Waals surface area (Å²) in [5.74, 6) is -2.89. The summed E-state index contributed by atoms with van der Waals surface area (Å²) in [6.07, 6.45) is 1.82. The largest absolute Gasteiger partial charge is 0.301 e. The molecule has 0 aliphatic carbocycles. The molecule has 6 heteroatoms. The third-order valence-corrected chi connectivity index (χ3v) is 3.12. The van der Waals surface area contributed by atoms with E-state index in [-0.39, 0.29) is 12.2 Å². The number of carbonyl (C=O) groups is 2. The molecule has 1 aromatic rings. The van der Waals surface area contributed by atoms with Crippen LogP contribution in [0.5, 0.6) is 0 Å². The van der Waals surface area contributed by atoms with Gasteiger partial charge in [-0.2, -0.15) is 11.8 Å². The Kier molecular flexibility index (Phi) is 3.15. The van der Waals surface area contributed by atoms with Crippen LogP contribution in [0.2, 0.25) is 0 Å². The van der Waals surface area contributed by atoms with E-state index in [0.29, 0.717) is 5.75 Å². The molecule has 0 atom stereocenters. The lowest BCUT2D eigenvalue weighted by molar-refractivity contribution is -0.114. The van der Waals surface area contributed by atoms with Gasteiger partial charge in [0.2, 0.25) is 0 Å². The van der Waals surface area contributed by atoms with Crippen LogP contribution in [0.4, 0.5) is 14.5 Å². The quantitative estimate of drug-likeness (QED) is 0.776.